The van der Waals surface area contributed by atoms with Crippen molar-refractivity contribution in [3.8, 4) is 0 Å². The molecule has 0 aromatic carbocycles. The number of rotatable bonds is 4. The zero-order valence-corrected chi connectivity index (χ0v) is 10.9. The van der Waals surface area contributed by atoms with Crippen LogP contribution in [-0.2, 0) is 15.1 Å². The van der Waals surface area contributed by atoms with E-state index in [9.17, 15) is 0 Å². The van der Waals surface area contributed by atoms with Gasteiger partial charge in [-0.15, -0.1) is 5.10 Å². The van der Waals surface area contributed by atoms with E-state index in [2.05, 4.69) is 15.2 Å². The lowest BCUT2D eigenvalue weighted by molar-refractivity contribution is -0.0923. The lowest BCUT2D eigenvalue weighted by Gasteiger charge is -2.27. The number of ether oxygens (including phenoxy) is 2. The third-order valence-electron chi connectivity index (χ3n) is 2.75. The first-order chi connectivity index (χ1) is 8.03. The van der Waals surface area contributed by atoms with Crippen LogP contribution in [0.3, 0.4) is 0 Å². The zero-order valence-electron chi connectivity index (χ0n) is 10.9. The summed E-state index contributed by atoms with van der Waals surface area (Å²) in [6, 6.07) is 0. The normalized spacial score (nSPS) is 24.5. The molecule has 1 aromatic rings. The molecular formula is C11H20N4O2. The maximum absolute atomic E-state index is 6.00. The molecule has 0 saturated carbocycles. The fourth-order valence-electron chi connectivity index (χ4n) is 1.99. The van der Waals surface area contributed by atoms with Crippen LogP contribution in [0, 0.1) is 0 Å². The van der Waals surface area contributed by atoms with Crippen molar-refractivity contribution in [1.82, 2.24) is 15.2 Å². The SMILES string of the molecule is CC(C)OC1(c2nc(N(C)C)n[nH]2)CCOC1. The van der Waals surface area contributed by atoms with Crippen LogP contribution < -0.4 is 4.90 Å². The number of anilines is 1. The smallest absolute Gasteiger partial charge is 0.244 e. The van der Waals surface area contributed by atoms with Crippen LogP contribution in [0.15, 0.2) is 0 Å². The first kappa shape index (κ1) is 12.3. The molecule has 0 amide bonds. The second-order valence-corrected chi connectivity index (χ2v) is 4.84. The summed E-state index contributed by atoms with van der Waals surface area (Å²) in [5, 5.41) is 7.13. The second kappa shape index (κ2) is 4.62. The van der Waals surface area contributed by atoms with Gasteiger partial charge in [0.15, 0.2) is 11.4 Å². The Kier molecular flexibility index (Phi) is 3.35. The minimum Gasteiger partial charge on any atom is -0.378 e. The molecule has 96 valence electrons. The molecular weight excluding hydrogens is 220 g/mol. The molecule has 0 spiro atoms. The summed E-state index contributed by atoms with van der Waals surface area (Å²) in [5.41, 5.74) is -0.463. The number of nitrogens with zero attached hydrogens (tertiary/aromatic N) is 3. The highest BCUT2D eigenvalue weighted by Gasteiger charge is 2.42. The van der Waals surface area contributed by atoms with Crippen LogP contribution in [0.2, 0.25) is 0 Å². The fourth-order valence-corrected chi connectivity index (χ4v) is 1.99. The standard InChI is InChI=1S/C11H20N4O2/c1-8(2)17-11(5-6-16-7-11)9-12-10(14-13-9)15(3)4/h8H,5-7H2,1-4H3,(H,12,13,14). The summed E-state index contributed by atoms with van der Waals surface area (Å²) >= 11 is 0. The van der Waals surface area contributed by atoms with Crippen molar-refractivity contribution in [1.29, 1.82) is 0 Å². The van der Waals surface area contributed by atoms with Gasteiger partial charge in [-0.05, 0) is 13.8 Å². The van der Waals surface area contributed by atoms with Gasteiger partial charge in [0.25, 0.3) is 0 Å². The Morgan fingerprint density at radius 3 is 2.71 bits per heavy atom. The summed E-state index contributed by atoms with van der Waals surface area (Å²) in [6.45, 7) is 5.27. The topological polar surface area (TPSA) is 63.3 Å². The van der Waals surface area contributed by atoms with E-state index in [1.165, 1.54) is 0 Å². The van der Waals surface area contributed by atoms with E-state index in [1.54, 1.807) is 0 Å². The van der Waals surface area contributed by atoms with Gasteiger partial charge >= 0.3 is 0 Å². The van der Waals surface area contributed by atoms with E-state index in [1.807, 2.05) is 32.8 Å². The van der Waals surface area contributed by atoms with Crippen molar-refractivity contribution in [2.24, 2.45) is 0 Å². The highest BCUT2D eigenvalue weighted by atomic mass is 16.6. The van der Waals surface area contributed by atoms with Crippen molar-refractivity contribution in [2.45, 2.75) is 32.0 Å². The van der Waals surface area contributed by atoms with Crippen LogP contribution in [0.25, 0.3) is 0 Å². The molecule has 1 fully saturated rings. The summed E-state index contributed by atoms with van der Waals surface area (Å²) in [4.78, 5) is 6.33. The second-order valence-electron chi connectivity index (χ2n) is 4.84. The van der Waals surface area contributed by atoms with Gasteiger partial charge in [0.1, 0.15) is 0 Å². The minimum absolute atomic E-state index is 0.129. The summed E-state index contributed by atoms with van der Waals surface area (Å²) in [5.74, 6) is 1.42. The van der Waals surface area contributed by atoms with Gasteiger partial charge in [-0.3, -0.25) is 5.10 Å². The number of hydrogen-bond donors (Lipinski definition) is 1. The molecule has 1 aliphatic heterocycles. The molecule has 6 nitrogen and oxygen atoms in total. The molecule has 6 heteroatoms. The molecule has 1 aromatic heterocycles. The Balaban J connectivity index is 2.25. The quantitative estimate of drug-likeness (QED) is 0.847. The highest BCUT2D eigenvalue weighted by Crippen LogP contribution is 2.34. The average molecular weight is 240 g/mol. The third kappa shape index (κ3) is 2.42. The lowest BCUT2D eigenvalue weighted by Crippen LogP contribution is -2.34. The zero-order chi connectivity index (χ0) is 12.5. The fraction of sp³-hybridized carbons (Fsp3) is 0.818. The van der Waals surface area contributed by atoms with Gasteiger partial charge in [0.05, 0.1) is 19.3 Å². The largest absolute Gasteiger partial charge is 0.378 e. The number of nitrogens with one attached hydrogen (secondary N) is 1. The maximum atomic E-state index is 6.00. The Morgan fingerprint density at radius 1 is 1.47 bits per heavy atom. The van der Waals surface area contributed by atoms with Crippen LogP contribution in [0.4, 0.5) is 5.95 Å². The Labute approximate surface area is 101 Å². The van der Waals surface area contributed by atoms with Gasteiger partial charge in [-0.1, -0.05) is 0 Å². The molecule has 17 heavy (non-hydrogen) atoms. The molecule has 1 atom stereocenters. The molecule has 1 unspecified atom stereocenters. The van der Waals surface area contributed by atoms with Crippen LogP contribution in [0.5, 0.6) is 0 Å². The van der Waals surface area contributed by atoms with Crippen LogP contribution in [-0.4, -0.2) is 48.6 Å². The Bertz CT molecular complexity index is 369. The van der Waals surface area contributed by atoms with Crippen LogP contribution >= 0.6 is 0 Å². The van der Waals surface area contributed by atoms with Gasteiger partial charge in [-0.25, -0.2) is 0 Å². The van der Waals surface area contributed by atoms with Gasteiger partial charge in [0, 0.05) is 20.5 Å². The predicted octanol–water partition coefficient (Wildman–Crippen LogP) is 0.911. The van der Waals surface area contributed by atoms with Crippen molar-refractivity contribution >= 4 is 5.95 Å². The average Bonchev–Trinajstić information content (AvgIpc) is 2.83. The monoisotopic (exact) mass is 240 g/mol. The van der Waals surface area contributed by atoms with Crippen molar-refractivity contribution in [2.75, 3.05) is 32.2 Å². The van der Waals surface area contributed by atoms with E-state index in [0.29, 0.717) is 19.2 Å². The number of H-pyrrole nitrogens is 1. The van der Waals surface area contributed by atoms with Crippen molar-refractivity contribution in [3.63, 3.8) is 0 Å². The van der Waals surface area contributed by atoms with E-state index in [-0.39, 0.29) is 6.10 Å². The Morgan fingerprint density at radius 2 is 2.24 bits per heavy atom. The predicted molar refractivity (Wildman–Crippen MR) is 64.0 cm³/mol. The first-order valence-corrected chi connectivity index (χ1v) is 5.89. The van der Waals surface area contributed by atoms with Crippen molar-refractivity contribution < 1.29 is 9.47 Å². The molecule has 0 bridgehead atoms. The lowest BCUT2D eigenvalue weighted by atomic mass is 10.0. The summed E-state index contributed by atoms with van der Waals surface area (Å²) in [6.07, 6.45) is 0.942. The summed E-state index contributed by atoms with van der Waals surface area (Å²) < 4.78 is 11.5. The maximum Gasteiger partial charge on any atom is 0.244 e. The number of aromatic nitrogens is 3. The molecule has 1 N–H and O–H groups in total. The number of hydrogen-bond acceptors (Lipinski definition) is 5. The summed E-state index contributed by atoms with van der Waals surface area (Å²) in [7, 11) is 3.82. The van der Waals surface area contributed by atoms with Crippen molar-refractivity contribution in [3.05, 3.63) is 5.82 Å². The van der Waals surface area contributed by atoms with Crippen LogP contribution in [0.1, 0.15) is 26.1 Å². The number of aromatic amines is 1. The molecule has 1 aliphatic rings. The van der Waals surface area contributed by atoms with E-state index in [4.69, 9.17) is 9.47 Å². The van der Waals surface area contributed by atoms with E-state index >= 15 is 0 Å². The highest BCUT2D eigenvalue weighted by molar-refractivity contribution is 5.26. The minimum atomic E-state index is -0.463. The Hall–Kier alpha value is -1.14. The molecule has 2 rings (SSSR count). The molecule has 1 saturated heterocycles. The van der Waals surface area contributed by atoms with E-state index < -0.39 is 5.60 Å². The van der Waals surface area contributed by atoms with Gasteiger partial charge in [-0.2, -0.15) is 4.98 Å². The third-order valence-corrected chi connectivity index (χ3v) is 2.75. The molecule has 0 radical (unpaired) electrons. The van der Waals surface area contributed by atoms with E-state index in [0.717, 1.165) is 12.2 Å². The first-order valence-electron chi connectivity index (χ1n) is 5.89. The van der Waals surface area contributed by atoms with Gasteiger partial charge in [0.2, 0.25) is 5.95 Å². The molecule has 2 heterocycles. The molecule has 0 aliphatic carbocycles. The van der Waals surface area contributed by atoms with Gasteiger partial charge < -0.3 is 14.4 Å².